The van der Waals surface area contributed by atoms with Gasteiger partial charge in [0.25, 0.3) is 0 Å². The molecule has 0 spiro atoms. The smallest absolute Gasteiger partial charge is 0.343 e. The van der Waals surface area contributed by atoms with E-state index in [1.807, 2.05) is 6.92 Å². The van der Waals surface area contributed by atoms with Crippen LogP contribution in [0.5, 0.6) is 11.5 Å². The van der Waals surface area contributed by atoms with Gasteiger partial charge in [0.1, 0.15) is 11.5 Å². The molecule has 7 heteroatoms. The Morgan fingerprint density at radius 1 is 0.862 bits per heavy atom. The number of rotatable bonds is 4. The molecule has 0 aliphatic carbocycles. The fourth-order valence-corrected chi connectivity index (χ4v) is 4.83. The maximum absolute atomic E-state index is 13.0. The zero-order valence-electron chi connectivity index (χ0n) is 15.4. The number of ether oxygens (including phenoxy) is 2. The monoisotopic (exact) mass is 408 g/mol. The molecule has 0 atom stereocenters. The SMILES string of the molecule is CCOc1ccc(OC(=O)c2ccc3c(c2)S(=O)(=O)c2ccccc2C3=O)cc1. The molecule has 4 rings (SSSR count). The summed E-state index contributed by atoms with van der Waals surface area (Å²) in [5, 5.41) is 0. The standard InChI is InChI=1S/C22H16O6S/c1-2-27-15-8-10-16(11-9-15)28-22(24)14-7-12-18-20(13-14)29(25,26)19-6-4-3-5-17(19)21(18)23/h3-13H,2H2,1H3. The van der Waals surface area contributed by atoms with Crippen molar-refractivity contribution >= 4 is 21.6 Å². The average molecular weight is 408 g/mol. The van der Waals surface area contributed by atoms with Crippen molar-refractivity contribution in [1.29, 1.82) is 0 Å². The molecule has 0 saturated heterocycles. The van der Waals surface area contributed by atoms with Crippen LogP contribution in [0.4, 0.5) is 0 Å². The van der Waals surface area contributed by atoms with E-state index in [0.717, 1.165) is 0 Å². The van der Waals surface area contributed by atoms with Crippen molar-refractivity contribution in [2.45, 2.75) is 16.7 Å². The zero-order valence-corrected chi connectivity index (χ0v) is 16.2. The van der Waals surface area contributed by atoms with E-state index in [-0.39, 0.29) is 26.5 Å². The van der Waals surface area contributed by atoms with Gasteiger partial charge in [-0.3, -0.25) is 4.79 Å². The van der Waals surface area contributed by atoms with Crippen LogP contribution in [0.2, 0.25) is 0 Å². The van der Waals surface area contributed by atoms with Crippen molar-refractivity contribution < 1.29 is 27.5 Å². The Morgan fingerprint density at radius 3 is 2.24 bits per heavy atom. The minimum absolute atomic E-state index is 0.0355. The van der Waals surface area contributed by atoms with Gasteiger partial charge in [0, 0.05) is 11.1 Å². The number of sulfone groups is 1. The molecule has 0 amide bonds. The number of esters is 1. The maximum Gasteiger partial charge on any atom is 0.343 e. The number of hydrogen-bond acceptors (Lipinski definition) is 6. The summed E-state index contributed by atoms with van der Waals surface area (Å²) in [6.07, 6.45) is 0. The molecule has 146 valence electrons. The van der Waals surface area contributed by atoms with Crippen molar-refractivity contribution in [3.63, 3.8) is 0 Å². The molecular formula is C22H16O6S. The van der Waals surface area contributed by atoms with Crippen LogP contribution in [0.15, 0.2) is 76.5 Å². The third kappa shape index (κ3) is 3.30. The van der Waals surface area contributed by atoms with Crippen LogP contribution in [-0.4, -0.2) is 26.8 Å². The highest BCUT2D eigenvalue weighted by atomic mass is 32.2. The fourth-order valence-electron chi connectivity index (χ4n) is 3.15. The van der Waals surface area contributed by atoms with Gasteiger partial charge < -0.3 is 9.47 Å². The van der Waals surface area contributed by atoms with Crippen LogP contribution in [0.3, 0.4) is 0 Å². The Labute approximate surface area is 167 Å². The summed E-state index contributed by atoms with van der Waals surface area (Å²) in [5.74, 6) is -0.180. The second-order valence-electron chi connectivity index (χ2n) is 6.33. The molecule has 0 fully saturated rings. The van der Waals surface area contributed by atoms with Gasteiger partial charge in [0.2, 0.25) is 9.84 Å². The van der Waals surface area contributed by atoms with E-state index in [1.165, 1.54) is 30.3 Å². The van der Waals surface area contributed by atoms with Gasteiger partial charge in [-0.15, -0.1) is 0 Å². The van der Waals surface area contributed by atoms with E-state index in [0.29, 0.717) is 18.1 Å². The summed E-state index contributed by atoms with van der Waals surface area (Å²) in [6, 6.07) is 16.4. The van der Waals surface area contributed by atoms with E-state index in [2.05, 4.69) is 0 Å². The summed E-state index contributed by atoms with van der Waals surface area (Å²) in [5.41, 5.74) is 0.208. The fraction of sp³-hybridized carbons (Fsp3) is 0.0909. The maximum atomic E-state index is 13.0. The van der Waals surface area contributed by atoms with E-state index in [1.54, 1.807) is 36.4 Å². The Bertz CT molecular complexity index is 1230. The topological polar surface area (TPSA) is 86.7 Å². The Hall–Kier alpha value is -3.45. The van der Waals surface area contributed by atoms with Gasteiger partial charge in [-0.1, -0.05) is 12.1 Å². The minimum Gasteiger partial charge on any atom is -0.494 e. The molecule has 0 N–H and O–H groups in total. The molecule has 1 heterocycles. The summed E-state index contributed by atoms with van der Waals surface area (Å²) in [4.78, 5) is 24.9. The van der Waals surface area contributed by atoms with Crippen molar-refractivity contribution in [3.05, 3.63) is 83.4 Å². The molecule has 0 radical (unpaired) electrons. The first-order valence-electron chi connectivity index (χ1n) is 8.89. The lowest BCUT2D eigenvalue weighted by Gasteiger charge is -2.19. The molecule has 0 saturated carbocycles. The lowest BCUT2D eigenvalue weighted by atomic mass is 10.0. The number of benzene rings is 3. The van der Waals surface area contributed by atoms with Gasteiger partial charge in [0.15, 0.2) is 5.78 Å². The number of fused-ring (bicyclic) bond motifs is 2. The number of carbonyl (C=O) groups is 2. The minimum atomic E-state index is -3.92. The van der Waals surface area contributed by atoms with Crippen LogP contribution in [0, 0.1) is 0 Å². The summed E-state index contributed by atoms with van der Waals surface area (Å²) < 4.78 is 36.6. The molecular weight excluding hydrogens is 392 g/mol. The van der Waals surface area contributed by atoms with Crippen molar-refractivity contribution in [2.24, 2.45) is 0 Å². The zero-order chi connectivity index (χ0) is 20.6. The predicted octanol–water partition coefficient (Wildman–Crippen LogP) is 3.68. The Kier molecular flexibility index (Phi) is 4.68. The van der Waals surface area contributed by atoms with Crippen LogP contribution in [-0.2, 0) is 9.84 Å². The summed E-state index contributed by atoms with van der Waals surface area (Å²) in [7, 11) is -3.92. The summed E-state index contributed by atoms with van der Waals surface area (Å²) in [6.45, 7) is 2.38. The van der Waals surface area contributed by atoms with Crippen LogP contribution < -0.4 is 9.47 Å². The second-order valence-corrected chi connectivity index (χ2v) is 8.22. The number of carbonyl (C=O) groups excluding carboxylic acids is 2. The highest BCUT2D eigenvalue weighted by Crippen LogP contribution is 2.35. The molecule has 3 aromatic carbocycles. The number of ketones is 1. The first kappa shape index (κ1) is 18.9. The average Bonchev–Trinajstić information content (AvgIpc) is 2.73. The first-order valence-corrected chi connectivity index (χ1v) is 10.4. The van der Waals surface area contributed by atoms with Crippen LogP contribution in [0.25, 0.3) is 0 Å². The van der Waals surface area contributed by atoms with Crippen molar-refractivity contribution in [3.8, 4) is 11.5 Å². The number of hydrogen-bond donors (Lipinski definition) is 0. The van der Waals surface area contributed by atoms with Gasteiger partial charge in [-0.05, 0) is 61.5 Å². The van der Waals surface area contributed by atoms with Gasteiger partial charge in [0.05, 0.1) is 22.0 Å². The molecule has 0 aromatic heterocycles. The molecule has 1 aliphatic heterocycles. The highest BCUT2D eigenvalue weighted by molar-refractivity contribution is 7.91. The van der Waals surface area contributed by atoms with Gasteiger partial charge in [-0.25, -0.2) is 13.2 Å². The van der Waals surface area contributed by atoms with Crippen molar-refractivity contribution in [1.82, 2.24) is 0 Å². The largest absolute Gasteiger partial charge is 0.494 e. The predicted molar refractivity (Wildman–Crippen MR) is 104 cm³/mol. The van der Waals surface area contributed by atoms with E-state index >= 15 is 0 Å². The molecule has 1 aliphatic rings. The normalized spacial score (nSPS) is 13.9. The molecule has 0 bridgehead atoms. The summed E-state index contributed by atoms with van der Waals surface area (Å²) >= 11 is 0. The lowest BCUT2D eigenvalue weighted by molar-refractivity contribution is 0.0733. The van der Waals surface area contributed by atoms with Crippen LogP contribution in [0.1, 0.15) is 33.2 Å². The first-order chi connectivity index (χ1) is 13.9. The quantitative estimate of drug-likeness (QED) is 0.378. The molecule has 29 heavy (non-hydrogen) atoms. The van der Waals surface area contributed by atoms with Crippen molar-refractivity contribution in [2.75, 3.05) is 6.61 Å². The second kappa shape index (κ2) is 7.18. The van der Waals surface area contributed by atoms with Crippen LogP contribution >= 0.6 is 0 Å². The van der Waals surface area contributed by atoms with Gasteiger partial charge in [-0.2, -0.15) is 0 Å². The van der Waals surface area contributed by atoms with E-state index < -0.39 is 21.6 Å². The molecule has 6 nitrogen and oxygen atoms in total. The third-order valence-electron chi connectivity index (χ3n) is 4.52. The van der Waals surface area contributed by atoms with E-state index in [4.69, 9.17) is 9.47 Å². The highest BCUT2D eigenvalue weighted by Gasteiger charge is 2.35. The molecule has 3 aromatic rings. The van der Waals surface area contributed by atoms with E-state index in [9.17, 15) is 18.0 Å². The lowest BCUT2D eigenvalue weighted by Crippen LogP contribution is -2.21. The molecule has 0 unspecified atom stereocenters. The Morgan fingerprint density at radius 2 is 1.52 bits per heavy atom. The third-order valence-corrected chi connectivity index (χ3v) is 6.37. The van der Waals surface area contributed by atoms with Gasteiger partial charge >= 0.3 is 5.97 Å². The Balaban J connectivity index is 1.67.